The number of amides is 1. The van der Waals surface area contributed by atoms with E-state index in [1.165, 1.54) is 11.8 Å². The summed E-state index contributed by atoms with van der Waals surface area (Å²) in [4.78, 5) is 15.4. The molecule has 1 amide bonds. The van der Waals surface area contributed by atoms with Gasteiger partial charge in [-0.1, -0.05) is 66.4 Å². The molecule has 0 spiro atoms. The van der Waals surface area contributed by atoms with Crippen molar-refractivity contribution in [1.82, 2.24) is 0 Å². The zero-order chi connectivity index (χ0) is 20.5. The lowest BCUT2D eigenvalue weighted by Crippen LogP contribution is -2.27. The van der Waals surface area contributed by atoms with Gasteiger partial charge in [-0.2, -0.15) is 0 Å². The normalized spacial score (nSPS) is 15.7. The number of anilines is 1. The number of fused-ring (bicyclic) bond motifs is 1. The highest BCUT2D eigenvalue weighted by Gasteiger charge is 2.34. The Balaban J connectivity index is 1.67. The van der Waals surface area contributed by atoms with Gasteiger partial charge in [-0.05, 0) is 65.0 Å². The second-order valence-corrected chi connectivity index (χ2v) is 9.40. The molecule has 0 aliphatic carbocycles. The molecule has 0 saturated carbocycles. The minimum Gasteiger partial charge on any atom is -0.490 e. The second kappa shape index (κ2) is 8.30. The number of hydrogen-bond donors (Lipinski definition) is 0. The number of carbonyl (C=O) groups excluding carboxylic acids is 1. The molecular weight excluding hydrogens is 466 g/mol. The Morgan fingerprint density at radius 3 is 2.62 bits per heavy atom. The minimum atomic E-state index is -0.102. The first-order valence-electron chi connectivity index (χ1n) is 9.16. The highest BCUT2D eigenvalue weighted by atomic mass is 79.9. The van der Waals surface area contributed by atoms with Crippen LogP contribution in [0.5, 0.6) is 5.75 Å². The van der Waals surface area contributed by atoms with Gasteiger partial charge >= 0.3 is 0 Å². The Morgan fingerprint density at radius 2 is 1.86 bits per heavy atom. The van der Waals surface area contributed by atoms with E-state index in [0.717, 1.165) is 32.2 Å². The fourth-order valence-corrected chi connectivity index (χ4v) is 4.96. The first kappa shape index (κ1) is 20.1. The summed E-state index contributed by atoms with van der Waals surface area (Å²) in [5.74, 6) is 0.676. The fraction of sp³-hybridized carbons (Fsp3) is 0.130. The number of halogens is 1. The van der Waals surface area contributed by atoms with Crippen LogP contribution in [0.2, 0.25) is 0 Å². The van der Waals surface area contributed by atoms with Crippen LogP contribution in [0.1, 0.15) is 19.4 Å². The van der Waals surface area contributed by atoms with Gasteiger partial charge in [0.15, 0.2) is 4.32 Å². The Hall–Kier alpha value is -2.15. The van der Waals surface area contributed by atoms with Crippen molar-refractivity contribution < 1.29 is 9.53 Å². The third kappa shape index (κ3) is 4.10. The van der Waals surface area contributed by atoms with Gasteiger partial charge < -0.3 is 4.74 Å². The third-order valence-corrected chi connectivity index (χ3v) is 6.34. The third-order valence-electron chi connectivity index (χ3n) is 4.42. The lowest BCUT2D eigenvalue weighted by Gasteiger charge is -2.17. The number of hydrogen-bond acceptors (Lipinski definition) is 4. The van der Waals surface area contributed by atoms with Crippen molar-refractivity contribution in [2.45, 2.75) is 20.0 Å². The van der Waals surface area contributed by atoms with Crippen LogP contribution < -0.4 is 9.64 Å². The van der Waals surface area contributed by atoms with E-state index in [4.69, 9.17) is 17.0 Å². The monoisotopic (exact) mass is 483 g/mol. The maximum atomic E-state index is 13.2. The number of benzene rings is 3. The molecule has 1 aliphatic heterocycles. The van der Waals surface area contributed by atoms with Gasteiger partial charge in [0.05, 0.1) is 21.2 Å². The first-order valence-corrected chi connectivity index (χ1v) is 11.2. The summed E-state index contributed by atoms with van der Waals surface area (Å²) in [5, 5.41) is 2.08. The van der Waals surface area contributed by atoms with Crippen LogP contribution in [0.4, 0.5) is 5.69 Å². The summed E-state index contributed by atoms with van der Waals surface area (Å²) in [5.41, 5.74) is 1.72. The number of thioether (sulfide) groups is 1. The van der Waals surface area contributed by atoms with Gasteiger partial charge in [-0.3, -0.25) is 9.69 Å². The molecule has 3 aromatic carbocycles. The van der Waals surface area contributed by atoms with E-state index in [1.54, 1.807) is 4.90 Å². The molecule has 3 aromatic rings. The van der Waals surface area contributed by atoms with E-state index in [-0.39, 0.29) is 12.0 Å². The van der Waals surface area contributed by atoms with Crippen LogP contribution in [-0.2, 0) is 4.79 Å². The SMILES string of the molecule is CC(C)Oc1ccc(/C=C2/SC(=S)N(c3cccc4ccccc34)C2=O)cc1Br. The predicted octanol–water partition coefficient (Wildman–Crippen LogP) is 6.80. The number of ether oxygens (including phenoxy) is 1. The van der Waals surface area contributed by atoms with Crippen molar-refractivity contribution in [3.05, 3.63) is 75.6 Å². The van der Waals surface area contributed by atoms with E-state index < -0.39 is 0 Å². The lowest BCUT2D eigenvalue weighted by molar-refractivity contribution is -0.113. The van der Waals surface area contributed by atoms with Crippen molar-refractivity contribution in [1.29, 1.82) is 0 Å². The standard InChI is InChI=1S/C23H18BrNO2S2/c1-14(2)27-20-11-10-15(12-18(20)24)13-21-22(26)25(23(28)29-21)19-9-5-7-16-6-3-4-8-17(16)19/h3-14H,1-2H3/b21-13+. The largest absolute Gasteiger partial charge is 0.490 e. The average Bonchev–Trinajstić information content (AvgIpc) is 2.96. The lowest BCUT2D eigenvalue weighted by atomic mass is 10.1. The van der Waals surface area contributed by atoms with Crippen LogP contribution >= 0.6 is 39.9 Å². The molecule has 0 aromatic heterocycles. The van der Waals surface area contributed by atoms with Crippen molar-refractivity contribution in [2.24, 2.45) is 0 Å². The van der Waals surface area contributed by atoms with E-state index >= 15 is 0 Å². The summed E-state index contributed by atoms with van der Waals surface area (Å²) in [6.07, 6.45) is 1.96. The van der Waals surface area contributed by atoms with E-state index in [9.17, 15) is 4.79 Å². The predicted molar refractivity (Wildman–Crippen MR) is 130 cm³/mol. The topological polar surface area (TPSA) is 29.5 Å². The van der Waals surface area contributed by atoms with E-state index in [0.29, 0.717) is 9.23 Å². The highest BCUT2D eigenvalue weighted by molar-refractivity contribution is 9.10. The van der Waals surface area contributed by atoms with Crippen molar-refractivity contribution in [2.75, 3.05) is 4.90 Å². The number of carbonyl (C=O) groups is 1. The average molecular weight is 484 g/mol. The molecule has 6 heteroatoms. The molecule has 1 fully saturated rings. The molecule has 1 heterocycles. The van der Waals surface area contributed by atoms with Crippen molar-refractivity contribution in [3.8, 4) is 5.75 Å². The fourth-order valence-electron chi connectivity index (χ4n) is 3.19. The van der Waals surface area contributed by atoms with Gasteiger partial charge in [0.1, 0.15) is 5.75 Å². The Morgan fingerprint density at radius 1 is 1.10 bits per heavy atom. The highest BCUT2D eigenvalue weighted by Crippen LogP contribution is 2.39. The second-order valence-electron chi connectivity index (χ2n) is 6.87. The van der Waals surface area contributed by atoms with E-state index in [2.05, 4.69) is 15.9 Å². The molecule has 1 aliphatic rings. The molecule has 0 bridgehead atoms. The van der Waals surface area contributed by atoms with Crippen LogP contribution in [0.3, 0.4) is 0 Å². The zero-order valence-corrected chi connectivity index (χ0v) is 19.1. The molecule has 0 N–H and O–H groups in total. The van der Waals surface area contributed by atoms with Gasteiger partial charge in [-0.15, -0.1) is 0 Å². The molecule has 146 valence electrons. The van der Waals surface area contributed by atoms with E-state index in [1.807, 2.05) is 80.6 Å². The number of rotatable bonds is 4. The molecule has 0 atom stereocenters. The molecule has 4 rings (SSSR count). The Labute approximate surface area is 187 Å². The Kier molecular flexibility index (Phi) is 5.76. The summed E-state index contributed by atoms with van der Waals surface area (Å²) < 4.78 is 7.14. The zero-order valence-electron chi connectivity index (χ0n) is 15.9. The summed E-state index contributed by atoms with van der Waals surface area (Å²) >= 11 is 10.4. The summed E-state index contributed by atoms with van der Waals surface area (Å²) in [7, 11) is 0. The molecule has 0 radical (unpaired) electrons. The first-order chi connectivity index (χ1) is 13.9. The van der Waals surface area contributed by atoms with Crippen molar-refractivity contribution >= 4 is 72.7 Å². The molecule has 29 heavy (non-hydrogen) atoms. The van der Waals surface area contributed by atoms with Crippen LogP contribution in [0.15, 0.2) is 70.0 Å². The van der Waals surface area contributed by atoms with Crippen molar-refractivity contribution in [3.63, 3.8) is 0 Å². The van der Waals surface area contributed by atoms with Crippen LogP contribution in [0, 0.1) is 0 Å². The molecular formula is C23H18BrNO2S2. The minimum absolute atomic E-state index is 0.0918. The molecule has 0 unspecified atom stereocenters. The summed E-state index contributed by atoms with van der Waals surface area (Å²) in [6, 6.07) is 19.7. The number of nitrogens with zero attached hydrogens (tertiary/aromatic N) is 1. The maximum Gasteiger partial charge on any atom is 0.270 e. The number of thiocarbonyl (C=S) groups is 1. The van der Waals surface area contributed by atoms with Gasteiger partial charge in [0.25, 0.3) is 5.91 Å². The quantitative estimate of drug-likeness (QED) is 0.301. The van der Waals surface area contributed by atoms with Gasteiger partial charge in [0.2, 0.25) is 0 Å². The van der Waals surface area contributed by atoms with Crippen LogP contribution in [0.25, 0.3) is 16.8 Å². The molecule has 3 nitrogen and oxygen atoms in total. The van der Waals surface area contributed by atoms with Gasteiger partial charge in [0, 0.05) is 5.39 Å². The Bertz CT molecular complexity index is 1150. The van der Waals surface area contributed by atoms with Gasteiger partial charge in [-0.25, -0.2) is 0 Å². The maximum absolute atomic E-state index is 13.2. The smallest absolute Gasteiger partial charge is 0.270 e. The van der Waals surface area contributed by atoms with Crippen LogP contribution in [-0.4, -0.2) is 16.3 Å². The molecule has 1 saturated heterocycles. The summed E-state index contributed by atoms with van der Waals surface area (Å²) in [6.45, 7) is 3.97.